The molecular formula is C14H28N2O2S. The Morgan fingerprint density at radius 3 is 2.26 bits per heavy atom. The van der Waals surface area contributed by atoms with Gasteiger partial charge in [0.1, 0.15) is 0 Å². The SMILES string of the molecule is CCCNC1CCN(S(=O)(=O)C2CCCCC2)CC1. The summed E-state index contributed by atoms with van der Waals surface area (Å²) < 4.78 is 26.9. The van der Waals surface area contributed by atoms with Gasteiger partial charge in [0.05, 0.1) is 5.25 Å². The van der Waals surface area contributed by atoms with Crippen molar-refractivity contribution < 1.29 is 8.42 Å². The van der Waals surface area contributed by atoms with Gasteiger partial charge in [0, 0.05) is 19.1 Å². The average Bonchev–Trinajstić information content (AvgIpc) is 2.46. The fraction of sp³-hybridized carbons (Fsp3) is 1.00. The molecule has 0 aromatic carbocycles. The predicted octanol–water partition coefficient (Wildman–Crippen LogP) is 2.11. The van der Waals surface area contributed by atoms with Crippen LogP contribution in [0.1, 0.15) is 58.3 Å². The molecule has 2 rings (SSSR count). The summed E-state index contributed by atoms with van der Waals surface area (Å²) in [6.45, 7) is 4.62. The van der Waals surface area contributed by atoms with E-state index in [1.165, 1.54) is 6.42 Å². The van der Waals surface area contributed by atoms with Crippen molar-refractivity contribution in [3.05, 3.63) is 0 Å². The highest BCUT2D eigenvalue weighted by Gasteiger charge is 2.34. The molecule has 0 atom stereocenters. The van der Waals surface area contributed by atoms with Crippen LogP contribution in [0.25, 0.3) is 0 Å². The molecule has 1 aliphatic carbocycles. The molecule has 0 aromatic rings. The summed E-state index contributed by atoms with van der Waals surface area (Å²) in [7, 11) is -3.02. The lowest BCUT2D eigenvalue weighted by atomic mass is 10.0. The molecule has 1 aliphatic heterocycles. The van der Waals surface area contributed by atoms with Gasteiger partial charge < -0.3 is 5.32 Å². The quantitative estimate of drug-likeness (QED) is 0.843. The topological polar surface area (TPSA) is 49.4 Å². The van der Waals surface area contributed by atoms with Crippen LogP contribution in [0.4, 0.5) is 0 Å². The fourth-order valence-corrected chi connectivity index (χ4v) is 5.31. The maximum absolute atomic E-state index is 12.6. The number of nitrogens with zero attached hydrogens (tertiary/aromatic N) is 1. The molecule has 0 spiro atoms. The van der Waals surface area contributed by atoms with E-state index in [0.717, 1.165) is 51.5 Å². The summed E-state index contributed by atoms with van der Waals surface area (Å²) in [5.74, 6) is 0. The molecule has 1 saturated heterocycles. The zero-order valence-electron chi connectivity index (χ0n) is 12.1. The number of hydrogen-bond acceptors (Lipinski definition) is 3. The van der Waals surface area contributed by atoms with Crippen LogP contribution < -0.4 is 5.32 Å². The maximum atomic E-state index is 12.6. The van der Waals surface area contributed by atoms with Crippen LogP contribution in [0.15, 0.2) is 0 Å². The van der Waals surface area contributed by atoms with Gasteiger partial charge in [0.25, 0.3) is 0 Å². The molecule has 0 radical (unpaired) electrons. The van der Waals surface area contributed by atoms with Crippen LogP contribution in [-0.2, 0) is 10.0 Å². The van der Waals surface area contributed by atoms with Gasteiger partial charge in [-0.25, -0.2) is 12.7 Å². The molecule has 0 aromatic heterocycles. The molecular weight excluding hydrogens is 260 g/mol. The van der Waals surface area contributed by atoms with Crippen molar-refractivity contribution in [1.82, 2.24) is 9.62 Å². The highest BCUT2D eigenvalue weighted by atomic mass is 32.2. The molecule has 2 aliphatic rings. The third kappa shape index (κ3) is 3.92. The Labute approximate surface area is 118 Å². The maximum Gasteiger partial charge on any atom is 0.216 e. The molecule has 0 unspecified atom stereocenters. The van der Waals surface area contributed by atoms with Crippen molar-refractivity contribution in [2.24, 2.45) is 0 Å². The summed E-state index contributed by atoms with van der Waals surface area (Å²) in [4.78, 5) is 0. The second kappa shape index (κ2) is 7.04. The van der Waals surface area contributed by atoms with E-state index < -0.39 is 10.0 Å². The highest BCUT2D eigenvalue weighted by Crippen LogP contribution is 2.27. The van der Waals surface area contributed by atoms with Gasteiger partial charge in [-0.1, -0.05) is 26.2 Å². The van der Waals surface area contributed by atoms with Gasteiger partial charge in [-0.15, -0.1) is 0 Å². The van der Waals surface area contributed by atoms with Gasteiger partial charge in [0.15, 0.2) is 0 Å². The molecule has 0 bridgehead atoms. The van der Waals surface area contributed by atoms with Gasteiger partial charge >= 0.3 is 0 Å². The zero-order chi connectivity index (χ0) is 13.7. The van der Waals surface area contributed by atoms with E-state index in [1.54, 1.807) is 4.31 Å². The van der Waals surface area contributed by atoms with E-state index in [9.17, 15) is 8.42 Å². The first-order valence-corrected chi connectivity index (χ1v) is 9.37. The Kier molecular flexibility index (Phi) is 5.66. The zero-order valence-corrected chi connectivity index (χ0v) is 12.9. The second-order valence-corrected chi connectivity index (χ2v) is 8.15. The molecule has 2 fully saturated rings. The smallest absolute Gasteiger partial charge is 0.216 e. The van der Waals surface area contributed by atoms with E-state index in [2.05, 4.69) is 12.2 Å². The molecule has 4 nitrogen and oxygen atoms in total. The van der Waals surface area contributed by atoms with Crippen molar-refractivity contribution in [3.8, 4) is 0 Å². The van der Waals surface area contributed by atoms with E-state index in [0.29, 0.717) is 19.1 Å². The number of sulfonamides is 1. The van der Waals surface area contributed by atoms with Crippen LogP contribution >= 0.6 is 0 Å². The molecule has 0 amide bonds. The fourth-order valence-electron chi connectivity index (χ4n) is 3.24. The monoisotopic (exact) mass is 288 g/mol. The Hall–Kier alpha value is -0.130. The highest BCUT2D eigenvalue weighted by molar-refractivity contribution is 7.89. The summed E-state index contributed by atoms with van der Waals surface area (Å²) in [5, 5.41) is 3.41. The Bertz CT molecular complexity index is 356. The van der Waals surface area contributed by atoms with Gasteiger partial charge in [-0.2, -0.15) is 0 Å². The average molecular weight is 288 g/mol. The first kappa shape index (κ1) is 15.3. The minimum Gasteiger partial charge on any atom is -0.314 e. The van der Waals surface area contributed by atoms with E-state index in [4.69, 9.17) is 0 Å². The third-order valence-electron chi connectivity index (χ3n) is 4.47. The second-order valence-electron chi connectivity index (χ2n) is 5.93. The van der Waals surface area contributed by atoms with E-state index in [-0.39, 0.29) is 5.25 Å². The first-order chi connectivity index (χ1) is 9.14. The Morgan fingerprint density at radius 2 is 1.68 bits per heavy atom. The van der Waals surface area contributed by atoms with Crippen LogP contribution in [0, 0.1) is 0 Å². The standard InChI is InChI=1S/C14H28N2O2S/c1-2-10-15-13-8-11-16(12-9-13)19(17,18)14-6-4-3-5-7-14/h13-15H,2-12H2,1H3. The van der Waals surface area contributed by atoms with Gasteiger partial charge in [-0.3, -0.25) is 0 Å². The minimum absolute atomic E-state index is 0.0959. The molecule has 1 heterocycles. The van der Waals surface area contributed by atoms with Crippen LogP contribution in [0.2, 0.25) is 0 Å². The van der Waals surface area contributed by atoms with Crippen LogP contribution in [0.5, 0.6) is 0 Å². The number of hydrogen-bond donors (Lipinski definition) is 1. The van der Waals surface area contributed by atoms with Crippen molar-refractivity contribution in [2.75, 3.05) is 19.6 Å². The molecule has 19 heavy (non-hydrogen) atoms. The number of rotatable bonds is 5. The lowest BCUT2D eigenvalue weighted by molar-refractivity contribution is 0.284. The molecule has 1 N–H and O–H groups in total. The lowest BCUT2D eigenvalue weighted by Gasteiger charge is -2.35. The number of nitrogens with one attached hydrogen (secondary N) is 1. The summed E-state index contributed by atoms with van der Waals surface area (Å²) in [5.41, 5.74) is 0. The minimum atomic E-state index is -3.02. The largest absolute Gasteiger partial charge is 0.314 e. The Balaban J connectivity index is 1.85. The normalized spacial score (nSPS) is 24.7. The van der Waals surface area contributed by atoms with E-state index in [1.807, 2.05) is 0 Å². The number of piperidine rings is 1. The third-order valence-corrected chi connectivity index (χ3v) is 6.87. The van der Waals surface area contributed by atoms with Crippen molar-refractivity contribution >= 4 is 10.0 Å². The van der Waals surface area contributed by atoms with Crippen molar-refractivity contribution in [1.29, 1.82) is 0 Å². The van der Waals surface area contributed by atoms with Gasteiger partial charge in [0.2, 0.25) is 10.0 Å². The predicted molar refractivity (Wildman–Crippen MR) is 78.7 cm³/mol. The lowest BCUT2D eigenvalue weighted by Crippen LogP contribution is -2.48. The molecule has 5 heteroatoms. The van der Waals surface area contributed by atoms with E-state index >= 15 is 0 Å². The Morgan fingerprint density at radius 1 is 1.05 bits per heavy atom. The molecule has 1 saturated carbocycles. The van der Waals surface area contributed by atoms with Gasteiger partial charge in [-0.05, 0) is 38.6 Å². The van der Waals surface area contributed by atoms with Crippen LogP contribution in [0.3, 0.4) is 0 Å². The first-order valence-electron chi connectivity index (χ1n) is 7.87. The van der Waals surface area contributed by atoms with Crippen molar-refractivity contribution in [2.45, 2.75) is 69.6 Å². The van der Waals surface area contributed by atoms with Crippen LogP contribution in [-0.4, -0.2) is 43.6 Å². The van der Waals surface area contributed by atoms with Crippen molar-refractivity contribution in [3.63, 3.8) is 0 Å². The molecule has 112 valence electrons. The summed E-state index contributed by atoms with van der Waals surface area (Å²) >= 11 is 0. The summed E-state index contributed by atoms with van der Waals surface area (Å²) in [6.07, 6.45) is 8.18. The summed E-state index contributed by atoms with van der Waals surface area (Å²) in [6, 6.07) is 0.512.